The molecule has 0 saturated carbocycles. The van der Waals surface area contributed by atoms with Gasteiger partial charge in [-0.25, -0.2) is 0 Å². The minimum Gasteiger partial charge on any atom is -0.364 e. The molecule has 16 heavy (non-hydrogen) atoms. The van der Waals surface area contributed by atoms with Gasteiger partial charge in [0.1, 0.15) is 6.10 Å². The van der Waals surface area contributed by atoms with Crippen molar-refractivity contribution in [3.05, 3.63) is 47.5 Å². The second-order valence-corrected chi connectivity index (χ2v) is 3.85. The van der Waals surface area contributed by atoms with Crippen molar-refractivity contribution in [1.82, 2.24) is 0 Å². The molecule has 0 aromatic heterocycles. The van der Waals surface area contributed by atoms with E-state index in [1.807, 2.05) is 12.1 Å². The molecule has 2 aromatic carbocycles. The largest absolute Gasteiger partial charge is 0.364 e. The minimum atomic E-state index is -0.272. The first kappa shape index (κ1) is 10.7. The fraction of sp³-hybridized carbons (Fsp3) is 0.200. The average molecular weight is 210 g/mol. The molecule has 0 aliphatic rings. The van der Waals surface area contributed by atoms with Gasteiger partial charge in [-0.05, 0) is 17.7 Å². The maximum atomic E-state index is 5.46. The van der Waals surface area contributed by atoms with Crippen LogP contribution in [0.4, 0.5) is 0 Å². The molecule has 1 unspecified atom stereocenters. The predicted octanol–water partition coefficient (Wildman–Crippen LogP) is 3.47. The predicted molar refractivity (Wildman–Crippen MR) is 67.3 cm³/mol. The summed E-state index contributed by atoms with van der Waals surface area (Å²) in [5.41, 5.74) is 2.31. The summed E-state index contributed by atoms with van der Waals surface area (Å²) in [6.45, 7) is 2.08. The summed E-state index contributed by atoms with van der Waals surface area (Å²) < 4.78 is 5.29. The van der Waals surface area contributed by atoms with Crippen LogP contribution < -0.4 is 0 Å². The van der Waals surface area contributed by atoms with Crippen LogP contribution in [-0.4, -0.2) is 7.11 Å². The number of hydrogen-bond donors (Lipinski definition) is 0. The summed E-state index contributed by atoms with van der Waals surface area (Å²) in [4.78, 5) is 0. The van der Waals surface area contributed by atoms with Crippen LogP contribution in [0.1, 0.15) is 17.2 Å². The third-order valence-corrected chi connectivity index (χ3v) is 2.74. The van der Waals surface area contributed by atoms with Crippen LogP contribution >= 0.6 is 0 Å². The van der Waals surface area contributed by atoms with Gasteiger partial charge < -0.3 is 4.74 Å². The molecule has 0 bridgehead atoms. The quantitative estimate of drug-likeness (QED) is 0.690. The zero-order valence-electron chi connectivity index (χ0n) is 9.53. The van der Waals surface area contributed by atoms with E-state index in [0.717, 1.165) is 10.9 Å². The van der Waals surface area contributed by atoms with E-state index < -0.39 is 0 Å². The molecule has 0 N–H and O–H groups in total. The first-order valence-corrected chi connectivity index (χ1v) is 5.24. The number of ether oxygens (including phenoxy) is 1. The smallest absolute Gasteiger partial charge is 0.143 e. The summed E-state index contributed by atoms with van der Waals surface area (Å²) >= 11 is 0. The summed E-state index contributed by atoms with van der Waals surface area (Å²) in [7, 11) is 1.64. The first-order chi connectivity index (χ1) is 7.76. The van der Waals surface area contributed by atoms with Crippen molar-refractivity contribution in [2.24, 2.45) is 0 Å². The molecule has 0 fully saturated rings. The maximum Gasteiger partial charge on any atom is 0.143 e. The van der Waals surface area contributed by atoms with E-state index in [0.29, 0.717) is 0 Å². The number of methoxy groups -OCH3 is 1. The number of fused-ring (bicyclic) bond motifs is 1. The number of rotatable bonds is 2. The molecular weight excluding hydrogens is 196 g/mol. The molecule has 1 atom stereocenters. The second kappa shape index (κ2) is 4.38. The average Bonchev–Trinajstić information content (AvgIpc) is 2.30. The van der Waals surface area contributed by atoms with Gasteiger partial charge in [-0.3, -0.25) is 0 Å². The van der Waals surface area contributed by atoms with Crippen LogP contribution in [0.3, 0.4) is 0 Å². The Morgan fingerprint density at radius 1 is 1.25 bits per heavy atom. The molecule has 0 radical (unpaired) electrons. The van der Waals surface area contributed by atoms with Gasteiger partial charge in [0, 0.05) is 12.7 Å². The van der Waals surface area contributed by atoms with Gasteiger partial charge in [-0.2, -0.15) is 0 Å². The van der Waals surface area contributed by atoms with E-state index in [4.69, 9.17) is 11.2 Å². The van der Waals surface area contributed by atoms with Gasteiger partial charge in [0.2, 0.25) is 0 Å². The Hall–Kier alpha value is -1.78. The van der Waals surface area contributed by atoms with E-state index in [-0.39, 0.29) is 6.10 Å². The molecule has 0 saturated heterocycles. The molecule has 0 amide bonds. The molecule has 2 aromatic rings. The highest BCUT2D eigenvalue weighted by Crippen LogP contribution is 2.26. The molecule has 1 nitrogen and oxygen atoms in total. The fourth-order valence-electron chi connectivity index (χ4n) is 1.94. The van der Waals surface area contributed by atoms with Crippen molar-refractivity contribution < 1.29 is 4.74 Å². The maximum absolute atomic E-state index is 5.46. The number of aryl methyl sites for hydroxylation is 1. The molecule has 0 spiro atoms. The summed E-state index contributed by atoms with van der Waals surface area (Å²) in [6, 6.07) is 12.5. The Bertz CT molecular complexity index is 549. The Morgan fingerprint density at radius 3 is 2.75 bits per heavy atom. The molecule has 2 rings (SSSR count). The van der Waals surface area contributed by atoms with E-state index in [1.54, 1.807) is 7.11 Å². The molecule has 0 aliphatic heterocycles. The normalized spacial score (nSPS) is 12.3. The first-order valence-electron chi connectivity index (χ1n) is 5.24. The minimum absolute atomic E-state index is 0.272. The van der Waals surface area contributed by atoms with Gasteiger partial charge in [0.15, 0.2) is 0 Å². The van der Waals surface area contributed by atoms with Crippen molar-refractivity contribution in [3.63, 3.8) is 0 Å². The zero-order valence-corrected chi connectivity index (χ0v) is 9.53. The second-order valence-electron chi connectivity index (χ2n) is 3.85. The van der Waals surface area contributed by atoms with Gasteiger partial charge >= 0.3 is 0 Å². The van der Waals surface area contributed by atoms with E-state index in [1.165, 1.54) is 10.9 Å². The van der Waals surface area contributed by atoms with Crippen LogP contribution in [0.25, 0.3) is 10.8 Å². The molecular formula is C15H14O. The lowest BCUT2D eigenvalue weighted by Gasteiger charge is -2.12. The lowest BCUT2D eigenvalue weighted by atomic mass is 9.99. The highest BCUT2D eigenvalue weighted by Gasteiger charge is 2.09. The Balaban J connectivity index is 2.67. The van der Waals surface area contributed by atoms with Crippen LogP contribution in [0, 0.1) is 19.3 Å². The number of hydrogen-bond acceptors (Lipinski definition) is 1. The number of terminal acetylenes is 1. The third kappa shape index (κ3) is 1.80. The Kier molecular flexibility index (Phi) is 2.94. The number of benzene rings is 2. The topological polar surface area (TPSA) is 9.23 Å². The van der Waals surface area contributed by atoms with Crippen molar-refractivity contribution in [2.75, 3.05) is 7.11 Å². The standard InChI is InChI=1S/C15H14O/c1-4-15(16-3)14-7-5-6-12-10-11(2)8-9-13(12)14/h1,5-10,15H,2-3H3. The van der Waals surface area contributed by atoms with Gasteiger partial charge in [-0.15, -0.1) is 6.42 Å². The van der Waals surface area contributed by atoms with Gasteiger partial charge in [-0.1, -0.05) is 47.9 Å². The SMILES string of the molecule is C#CC(OC)c1cccc2cc(C)ccc12. The molecule has 0 aliphatic carbocycles. The van der Waals surface area contributed by atoms with E-state index in [9.17, 15) is 0 Å². The van der Waals surface area contributed by atoms with Gasteiger partial charge in [0.25, 0.3) is 0 Å². The molecule has 80 valence electrons. The lowest BCUT2D eigenvalue weighted by Crippen LogP contribution is -1.98. The van der Waals surface area contributed by atoms with E-state index in [2.05, 4.69) is 37.1 Å². The summed E-state index contributed by atoms with van der Waals surface area (Å²) in [5.74, 6) is 2.65. The van der Waals surface area contributed by atoms with Crippen molar-refractivity contribution in [1.29, 1.82) is 0 Å². The highest BCUT2D eigenvalue weighted by atomic mass is 16.5. The van der Waals surface area contributed by atoms with Crippen LogP contribution in [0.15, 0.2) is 36.4 Å². The van der Waals surface area contributed by atoms with Crippen LogP contribution in [-0.2, 0) is 4.74 Å². The highest BCUT2D eigenvalue weighted by molar-refractivity contribution is 5.87. The third-order valence-electron chi connectivity index (χ3n) is 2.74. The monoisotopic (exact) mass is 210 g/mol. The summed E-state index contributed by atoms with van der Waals surface area (Å²) in [6.07, 6.45) is 5.19. The van der Waals surface area contributed by atoms with E-state index >= 15 is 0 Å². The molecule has 0 heterocycles. The van der Waals surface area contributed by atoms with Crippen LogP contribution in [0.5, 0.6) is 0 Å². The zero-order chi connectivity index (χ0) is 11.5. The van der Waals surface area contributed by atoms with Gasteiger partial charge in [0.05, 0.1) is 0 Å². The fourth-order valence-corrected chi connectivity index (χ4v) is 1.94. The van der Waals surface area contributed by atoms with Crippen molar-refractivity contribution in [3.8, 4) is 12.3 Å². The van der Waals surface area contributed by atoms with Crippen molar-refractivity contribution in [2.45, 2.75) is 13.0 Å². The lowest BCUT2D eigenvalue weighted by molar-refractivity contribution is 0.151. The Labute approximate surface area is 96.1 Å². The van der Waals surface area contributed by atoms with Crippen molar-refractivity contribution >= 4 is 10.8 Å². The summed E-state index contributed by atoms with van der Waals surface area (Å²) in [5, 5.41) is 2.37. The Morgan fingerprint density at radius 2 is 2.06 bits per heavy atom. The molecule has 1 heteroatoms. The van der Waals surface area contributed by atoms with Crippen LogP contribution in [0.2, 0.25) is 0 Å².